The Morgan fingerprint density at radius 1 is 0.719 bits per heavy atom. The summed E-state index contributed by atoms with van der Waals surface area (Å²) in [7, 11) is -5.73. The Morgan fingerprint density at radius 2 is 1.19 bits per heavy atom. The van der Waals surface area contributed by atoms with E-state index in [2.05, 4.69) is 2.51 Å². The van der Waals surface area contributed by atoms with Crippen LogP contribution in [0.2, 0.25) is 0 Å². The predicted molar refractivity (Wildman–Crippen MR) is 102 cm³/mol. The average molecular weight is 610 g/mol. The summed E-state index contributed by atoms with van der Waals surface area (Å²) in [4.78, 5) is 0. The molecule has 2 aromatic rings. The van der Waals surface area contributed by atoms with E-state index >= 15 is 0 Å². The van der Waals surface area contributed by atoms with Crippen molar-refractivity contribution in [1.29, 1.82) is 0 Å². The molecular formula is C17H12F9IO4S. The molecule has 0 N–H and O–H groups in total. The summed E-state index contributed by atoms with van der Waals surface area (Å²) in [5, 5.41) is -6.92. The van der Waals surface area contributed by atoms with Gasteiger partial charge in [0.25, 0.3) is 0 Å². The molecule has 0 atom stereocenters. The van der Waals surface area contributed by atoms with E-state index < -0.39 is 53.6 Å². The Bertz CT molecular complexity index is 1030. The Hall–Kier alpha value is -1.75. The van der Waals surface area contributed by atoms with E-state index in [0.717, 1.165) is 12.1 Å². The molecule has 180 valence electrons. The molecule has 0 unspecified atom stereocenters. The molecule has 32 heavy (non-hydrogen) atoms. The Balaban J connectivity index is 2.56. The minimum absolute atomic E-state index is 0.0489. The standard InChI is InChI=1S/C17H12F9IO4S/c1-30-13-9-7-12(8-10-13)27(11-5-3-2-4-6-11)31-32(28,29)17(25,26)15(20,21)14(18,19)16(22,23)24/h2-10H,1H3. The van der Waals surface area contributed by atoms with Crippen molar-refractivity contribution in [2.75, 3.05) is 7.11 Å². The van der Waals surface area contributed by atoms with Gasteiger partial charge in [0.2, 0.25) is 0 Å². The van der Waals surface area contributed by atoms with Crippen LogP contribution in [0.1, 0.15) is 0 Å². The Labute approximate surface area is 183 Å². The van der Waals surface area contributed by atoms with Gasteiger partial charge in [0.1, 0.15) is 0 Å². The minimum atomic E-state index is -7.37. The zero-order valence-electron chi connectivity index (χ0n) is 15.5. The first-order chi connectivity index (χ1) is 14.5. The van der Waals surface area contributed by atoms with Gasteiger partial charge in [-0.15, -0.1) is 0 Å². The molecule has 15 heteroatoms. The third kappa shape index (κ3) is 4.64. The maximum atomic E-state index is 14.1. The second-order valence-electron chi connectivity index (χ2n) is 5.88. The van der Waals surface area contributed by atoms with E-state index in [4.69, 9.17) is 4.74 Å². The van der Waals surface area contributed by atoms with E-state index in [1.54, 1.807) is 0 Å². The van der Waals surface area contributed by atoms with E-state index in [0.29, 0.717) is 0 Å². The van der Waals surface area contributed by atoms with E-state index in [9.17, 15) is 47.9 Å². The number of ether oxygens (including phenoxy) is 1. The molecule has 0 amide bonds. The predicted octanol–water partition coefficient (Wildman–Crippen LogP) is 5.93. The van der Waals surface area contributed by atoms with Crippen LogP contribution < -0.4 is 4.74 Å². The summed E-state index contributed by atoms with van der Waals surface area (Å²) in [6.45, 7) is 0. The van der Waals surface area contributed by atoms with Crippen molar-refractivity contribution in [3.63, 3.8) is 0 Å². The van der Waals surface area contributed by atoms with Crippen LogP contribution in [0, 0.1) is 7.14 Å². The van der Waals surface area contributed by atoms with E-state index in [1.807, 2.05) is 0 Å². The van der Waals surface area contributed by atoms with Crippen molar-refractivity contribution in [2.24, 2.45) is 0 Å². The molecule has 0 bridgehead atoms. The SMILES string of the molecule is COc1ccc(I(OS(=O)(=O)C(F)(F)C(F)(F)C(F)(F)C(F)(F)F)c2ccccc2)cc1. The van der Waals surface area contributed by atoms with E-state index in [-0.39, 0.29) is 12.9 Å². The van der Waals surface area contributed by atoms with Gasteiger partial charge in [-0.25, -0.2) is 0 Å². The zero-order valence-corrected chi connectivity index (χ0v) is 18.5. The molecule has 0 aromatic heterocycles. The molecule has 2 rings (SSSR count). The summed E-state index contributed by atoms with van der Waals surface area (Å²) in [6.07, 6.45) is -7.16. The fourth-order valence-electron chi connectivity index (χ4n) is 2.05. The summed E-state index contributed by atoms with van der Waals surface area (Å²) in [6, 6.07) is 11.3. The average Bonchev–Trinajstić information content (AvgIpc) is 2.71. The van der Waals surface area contributed by atoms with Crippen LogP contribution in [0.5, 0.6) is 5.75 Å². The van der Waals surface area contributed by atoms with Gasteiger partial charge in [0.15, 0.2) is 0 Å². The van der Waals surface area contributed by atoms with E-state index in [1.165, 1.54) is 49.6 Å². The third-order valence-corrected chi connectivity index (χ3v) is 11.1. The number of halogens is 10. The van der Waals surface area contributed by atoms with Gasteiger partial charge in [-0.3, -0.25) is 0 Å². The van der Waals surface area contributed by atoms with Crippen LogP contribution in [0.4, 0.5) is 39.5 Å². The van der Waals surface area contributed by atoms with Gasteiger partial charge >= 0.3 is 183 Å². The second kappa shape index (κ2) is 8.89. The molecule has 0 saturated heterocycles. The molecule has 0 aliphatic carbocycles. The van der Waals surface area contributed by atoms with Crippen molar-refractivity contribution in [3.8, 4) is 5.75 Å². The van der Waals surface area contributed by atoms with Gasteiger partial charge in [0.05, 0.1) is 0 Å². The first-order valence-electron chi connectivity index (χ1n) is 8.03. The molecule has 0 fully saturated rings. The van der Waals surface area contributed by atoms with Crippen LogP contribution in [0.3, 0.4) is 0 Å². The third-order valence-electron chi connectivity index (χ3n) is 3.75. The monoisotopic (exact) mass is 610 g/mol. The zero-order chi connectivity index (χ0) is 24.6. The normalized spacial score (nSPS) is 14.2. The molecule has 0 spiro atoms. The van der Waals surface area contributed by atoms with Crippen LogP contribution in [0.15, 0.2) is 54.6 Å². The molecule has 2 aromatic carbocycles. The maximum absolute atomic E-state index is 14.1. The van der Waals surface area contributed by atoms with Gasteiger partial charge in [-0.05, 0) is 0 Å². The molecule has 0 radical (unpaired) electrons. The van der Waals surface area contributed by atoms with Crippen LogP contribution in [0.25, 0.3) is 0 Å². The fraction of sp³-hybridized carbons (Fsp3) is 0.294. The number of hydrogen-bond acceptors (Lipinski definition) is 4. The molecule has 0 heterocycles. The molecule has 0 saturated carbocycles. The first kappa shape index (κ1) is 26.5. The summed E-state index contributed by atoms with van der Waals surface area (Å²) < 4.78 is 152. The van der Waals surface area contributed by atoms with Crippen molar-refractivity contribution < 1.29 is 55.2 Å². The molecule has 0 aliphatic rings. The van der Waals surface area contributed by atoms with Gasteiger partial charge in [0, 0.05) is 0 Å². The molecular weight excluding hydrogens is 598 g/mol. The Kier molecular flexibility index (Phi) is 7.36. The molecule has 0 aliphatic heterocycles. The topological polar surface area (TPSA) is 52.6 Å². The van der Waals surface area contributed by atoms with Crippen molar-refractivity contribution in [3.05, 3.63) is 61.7 Å². The van der Waals surface area contributed by atoms with Crippen LogP contribution >= 0.6 is 20.2 Å². The number of methoxy groups -OCH3 is 1. The quantitative estimate of drug-likeness (QED) is 0.275. The number of benzene rings is 2. The van der Waals surface area contributed by atoms with Crippen LogP contribution in [-0.2, 0) is 12.6 Å². The van der Waals surface area contributed by atoms with Crippen LogP contribution in [-0.4, -0.2) is 38.8 Å². The summed E-state index contributed by atoms with van der Waals surface area (Å²) >= 11 is -4.08. The fourth-order valence-corrected chi connectivity index (χ4v) is 9.03. The van der Waals surface area contributed by atoms with Gasteiger partial charge in [-0.2, -0.15) is 0 Å². The second-order valence-corrected chi connectivity index (χ2v) is 12.4. The number of hydrogen-bond donors (Lipinski definition) is 0. The summed E-state index contributed by atoms with van der Waals surface area (Å²) in [5.74, 6) is -14.5. The van der Waals surface area contributed by atoms with Crippen molar-refractivity contribution in [2.45, 2.75) is 23.3 Å². The van der Waals surface area contributed by atoms with Gasteiger partial charge < -0.3 is 0 Å². The molecule has 4 nitrogen and oxygen atoms in total. The summed E-state index contributed by atoms with van der Waals surface area (Å²) in [5.41, 5.74) is 0. The van der Waals surface area contributed by atoms with Crippen molar-refractivity contribution in [1.82, 2.24) is 0 Å². The Morgan fingerprint density at radius 3 is 1.62 bits per heavy atom. The number of rotatable bonds is 8. The first-order valence-corrected chi connectivity index (χ1v) is 12.5. The van der Waals surface area contributed by atoms with Gasteiger partial charge in [-0.1, -0.05) is 0 Å². The van der Waals surface area contributed by atoms with Crippen molar-refractivity contribution >= 4 is 30.4 Å². The number of alkyl halides is 9.